The van der Waals surface area contributed by atoms with E-state index in [4.69, 9.17) is 4.74 Å². The SMILES string of the molecule is CCC(C)NC(=O)NCCc1cc2c(C)ccc(OC)c2[nH]c1=O. The molecular weight excluding hydrogens is 306 g/mol. The molecule has 6 heteroatoms. The second-order valence-electron chi connectivity index (χ2n) is 5.96. The van der Waals surface area contributed by atoms with Crippen LogP contribution in [-0.4, -0.2) is 30.7 Å². The van der Waals surface area contributed by atoms with Crippen LogP contribution in [0.3, 0.4) is 0 Å². The number of aromatic amines is 1. The molecule has 130 valence electrons. The van der Waals surface area contributed by atoms with Crippen molar-refractivity contribution in [2.45, 2.75) is 39.7 Å². The van der Waals surface area contributed by atoms with Crippen molar-refractivity contribution in [2.24, 2.45) is 0 Å². The van der Waals surface area contributed by atoms with Crippen LogP contribution in [0.25, 0.3) is 10.9 Å². The third-order valence-electron chi connectivity index (χ3n) is 4.16. The predicted molar refractivity (Wildman–Crippen MR) is 95.8 cm³/mol. The molecule has 1 atom stereocenters. The molecule has 2 amide bonds. The largest absolute Gasteiger partial charge is 0.495 e. The van der Waals surface area contributed by atoms with Gasteiger partial charge in [0.05, 0.1) is 12.6 Å². The van der Waals surface area contributed by atoms with Crippen LogP contribution < -0.4 is 20.9 Å². The minimum absolute atomic E-state index is 0.129. The molecule has 6 nitrogen and oxygen atoms in total. The van der Waals surface area contributed by atoms with E-state index < -0.39 is 0 Å². The first-order chi connectivity index (χ1) is 11.5. The number of rotatable bonds is 6. The molecule has 3 N–H and O–H groups in total. The Hall–Kier alpha value is -2.50. The molecule has 0 saturated heterocycles. The number of amides is 2. The van der Waals surface area contributed by atoms with E-state index in [0.717, 1.165) is 17.4 Å². The number of hydrogen-bond donors (Lipinski definition) is 3. The second-order valence-corrected chi connectivity index (χ2v) is 5.96. The van der Waals surface area contributed by atoms with E-state index in [1.165, 1.54) is 0 Å². The Labute approximate surface area is 141 Å². The highest BCUT2D eigenvalue weighted by atomic mass is 16.5. The van der Waals surface area contributed by atoms with Gasteiger partial charge >= 0.3 is 6.03 Å². The number of hydrogen-bond acceptors (Lipinski definition) is 3. The molecule has 0 saturated carbocycles. The highest BCUT2D eigenvalue weighted by Crippen LogP contribution is 2.25. The van der Waals surface area contributed by atoms with Gasteiger partial charge in [0.15, 0.2) is 0 Å². The number of ether oxygens (including phenoxy) is 1. The molecule has 0 fully saturated rings. The summed E-state index contributed by atoms with van der Waals surface area (Å²) in [5.41, 5.74) is 2.25. The molecule has 2 rings (SSSR count). The Kier molecular flexibility index (Phi) is 5.84. The fourth-order valence-corrected chi connectivity index (χ4v) is 2.50. The lowest BCUT2D eigenvalue weighted by Crippen LogP contribution is -2.41. The van der Waals surface area contributed by atoms with Gasteiger partial charge < -0.3 is 20.4 Å². The summed E-state index contributed by atoms with van der Waals surface area (Å²) >= 11 is 0. The first-order valence-electron chi connectivity index (χ1n) is 8.20. The highest BCUT2D eigenvalue weighted by Gasteiger charge is 2.10. The molecule has 0 aliphatic carbocycles. The number of fused-ring (bicyclic) bond motifs is 1. The number of urea groups is 1. The molecule has 1 aromatic carbocycles. The van der Waals surface area contributed by atoms with E-state index in [1.807, 2.05) is 39.0 Å². The minimum atomic E-state index is -0.209. The van der Waals surface area contributed by atoms with Crippen molar-refractivity contribution in [1.29, 1.82) is 0 Å². The lowest BCUT2D eigenvalue weighted by molar-refractivity contribution is 0.237. The van der Waals surface area contributed by atoms with Gasteiger partial charge in [0.2, 0.25) is 0 Å². The summed E-state index contributed by atoms with van der Waals surface area (Å²) in [6.07, 6.45) is 1.34. The molecule has 0 aliphatic rings. The van der Waals surface area contributed by atoms with E-state index in [-0.39, 0.29) is 17.6 Å². The lowest BCUT2D eigenvalue weighted by atomic mass is 10.1. The Morgan fingerprint density at radius 3 is 2.79 bits per heavy atom. The Morgan fingerprint density at radius 1 is 1.38 bits per heavy atom. The number of nitrogens with one attached hydrogen (secondary N) is 3. The summed E-state index contributed by atoms with van der Waals surface area (Å²) in [5, 5.41) is 6.56. The smallest absolute Gasteiger partial charge is 0.315 e. The van der Waals surface area contributed by atoms with Gasteiger partial charge in [-0.1, -0.05) is 13.0 Å². The number of carbonyl (C=O) groups is 1. The molecule has 0 spiro atoms. The van der Waals surface area contributed by atoms with E-state index in [2.05, 4.69) is 15.6 Å². The molecular formula is C18H25N3O3. The summed E-state index contributed by atoms with van der Waals surface area (Å²) in [5.74, 6) is 0.644. The normalized spacial score (nSPS) is 12.0. The van der Waals surface area contributed by atoms with Crippen molar-refractivity contribution in [3.05, 3.63) is 39.7 Å². The molecule has 0 radical (unpaired) electrons. The first-order valence-corrected chi connectivity index (χ1v) is 8.20. The molecule has 1 aromatic heterocycles. The molecule has 24 heavy (non-hydrogen) atoms. The monoisotopic (exact) mass is 331 g/mol. The van der Waals surface area contributed by atoms with Gasteiger partial charge in [-0.25, -0.2) is 4.79 Å². The number of methoxy groups -OCH3 is 1. The van der Waals surface area contributed by atoms with Crippen LogP contribution >= 0.6 is 0 Å². The van der Waals surface area contributed by atoms with Crippen LogP contribution in [-0.2, 0) is 6.42 Å². The van der Waals surface area contributed by atoms with E-state index in [1.54, 1.807) is 7.11 Å². The maximum atomic E-state index is 12.3. The molecule has 0 aliphatic heterocycles. The molecule has 1 heterocycles. The molecule has 2 aromatic rings. The van der Waals surface area contributed by atoms with E-state index in [9.17, 15) is 9.59 Å². The zero-order chi connectivity index (χ0) is 17.7. The van der Waals surface area contributed by atoms with Crippen molar-refractivity contribution in [1.82, 2.24) is 15.6 Å². The summed E-state index contributed by atoms with van der Waals surface area (Å²) in [7, 11) is 1.58. The summed E-state index contributed by atoms with van der Waals surface area (Å²) < 4.78 is 5.30. The Balaban J connectivity index is 2.13. The lowest BCUT2D eigenvalue weighted by Gasteiger charge is -2.13. The van der Waals surface area contributed by atoms with Crippen LogP contribution in [0.4, 0.5) is 4.79 Å². The second kappa shape index (κ2) is 7.86. The van der Waals surface area contributed by atoms with Gasteiger partial charge in [-0.05, 0) is 44.4 Å². The van der Waals surface area contributed by atoms with Crippen molar-refractivity contribution in [3.63, 3.8) is 0 Å². The van der Waals surface area contributed by atoms with Crippen molar-refractivity contribution >= 4 is 16.9 Å². The van der Waals surface area contributed by atoms with E-state index >= 15 is 0 Å². The van der Waals surface area contributed by atoms with Crippen molar-refractivity contribution in [2.75, 3.05) is 13.7 Å². The fourth-order valence-electron chi connectivity index (χ4n) is 2.50. The van der Waals surface area contributed by atoms with Crippen LogP contribution in [0.15, 0.2) is 23.0 Å². The minimum Gasteiger partial charge on any atom is -0.495 e. The van der Waals surface area contributed by atoms with Gasteiger partial charge in [0.25, 0.3) is 5.56 Å². The Morgan fingerprint density at radius 2 is 2.12 bits per heavy atom. The zero-order valence-electron chi connectivity index (χ0n) is 14.7. The number of carbonyl (C=O) groups excluding carboxylic acids is 1. The molecule has 1 unspecified atom stereocenters. The average molecular weight is 331 g/mol. The quantitative estimate of drug-likeness (QED) is 0.760. The zero-order valence-corrected chi connectivity index (χ0v) is 14.7. The van der Waals surface area contributed by atoms with Gasteiger partial charge in [0, 0.05) is 23.5 Å². The van der Waals surface area contributed by atoms with E-state index in [0.29, 0.717) is 29.8 Å². The third kappa shape index (κ3) is 4.07. The number of aromatic nitrogens is 1. The standard InChI is InChI=1S/C18H25N3O3/c1-5-12(3)20-18(23)19-9-8-13-10-14-11(2)6-7-15(24-4)16(14)21-17(13)22/h6-7,10,12H,5,8-9H2,1-4H3,(H,21,22)(H2,19,20,23). The van der Waals surface area contributed by atoms with Gasteiger partial charge in [-0.2, -0.15) is 0 Å². The van der Waals surface area contributed by atoms with Gasteiger partial charge in [0.1, 0.15) is 5.75 Å². The fraction of sp³-hybridized carbons (Fsp3) is 0.444. The summed E-state index contributed by atoms with van der Waals surface area (Å²) in [6.45, 7) is 6.35. The van der Waals surface area contributed by atoms with Crippen LogP contribution in [0, 0.1) is 6.92 Å². The molecule has 0 bridgehead atoms. The van der Waals surface area contributed by atoms with Crippen LogP contribution in [0.1, 0.15) is 31.4 Å². The third-order valence-corrected chi connectivity index (χ3v) is 4.16. The van der Waals surface area contributed by atoms with Crippen molar-refractivity contribution < 1.29 is 9.53 Å². The number of pyridine rings is 1. The Bertz CT molecular complexity index is 783. The maximum absolute atomic E-state index is 12.3. The maximum Gasteiger partial charge on any atom is 0.315 e. The first kappa shape index (κ1) is 17.8. The summed E-state index contributed by atoms with van der Waals surface area (Å²) in [6, 6.07) is 5.60. The average Bonchev–Trinajstić information content (AvgIpc) is 2.56. The van der Waals surface area contributed by atoms with Crippen LogP contribution in [0.5, 0.6) is 5.75 Å². The topological polar surface area (TPSA) is 83.2 Å². The van der Waals surface area contributed by atoms with Gasteiger partial charge in [-0.3, -0.25) is 4.79 Å². The number of H-pyrrole nitrogens is 1. The highest BCUT2D eigenvalue weighted by molar-refractivity contribution is 5.87. The number of benzene rings is 1. The van der Waals surface area contributed by atoms with Gasteiger partial charge in [-0.15, -0.1) is 0 Å². The van der Waals surface area contributed by atoms with Crippen LogP contribution in [0.2, 0.25) is 0 Å². The van der Waals surface area contributed by atoms with Crippen molar-refractivity contribution in [3.8, 4) is 5.75 Å². The number of aryl methyl sites for hydroxylation is 1. The predicted octanol–water partition coefficient (Wildman–Crippen LogP) is 2.49. The summed E-state index contributed by atoms with van der Waals surface area (Å²) in [4.78, 5) is 26.9.